The third kappa shape index (κ3) is 3.27. The molecule has 0 fully saturated rings. The number of rotatable bonds is 4. The van der Waals surface area contributed by atoms with E-state index in [9.17, 15) is 19.5 Å². The highest BCUT2D eigenvalue weighted by Gasteiger charge is 2.24. The number of nitrogens with zero attached hydrogens (tertiary/aromatic N) is 1. The maximum Gasteiger partial charge on any atom is 0.325 e. The Morgan fingerprint density at radius 2 is 1.74 bits per heavy atom. The Morgan fingerprint density at radius 3 is 2.37 bits per heavy atom. The topological polar surface area (TPSA) is 109 Å². The zero-order chi connectivity index (χ0) is 19.7. The fourth-order valence-electron chi connectivity index (χ4n) is 2.87. The fourth-order valence-corrected chi connectivity index (χ4v) is 2.87. The fraction of sp³-hybridized carbons (Fsp3) is 0.150. The van der Waals surface area contributed by atoms with Gasteiger partial charge in [0.15, 0.2) is 0 Å². The summed E-state index contributed by atoms with van der Waals surface area (Å²) >= 11 is 0. The molecular weight excluding hydrogens is 348 g/mol. The van der Waals surface area contributed by atoms with Crippen molar-refractivity contribution < 1.29 is 19.8 Å². The van der Waals surface area contributed by atoms with Gasteiger partial charge in [0.05, 0.1) is 5.52 Å². The van der Waals surface area contributed by atoms with E-state index in [-0.39, 0.29) is 0 Å². The molecule has 0 spiro atoms. The van der Waals surface area contributed by atoms with E-state index in [1.165, 1.54) is 18.5 Å². The van der Waals surface area contributed by atoms with Crippen molar-refractivity contribution in [3.8, 4) is 16.9 Å². The van der Waals surface area contributed by atoms with Crippen molar-refractivity contribution in [2.24, 2.45) is 7.05 Å². The van der Waals surface area contributed by atoms with Gasteiger partial charge in [-0.25, -0.2) is 0 Å². The smallest absolute Gasteiger partial charge is 0.325 e. The van der Waals surface area contributed by atoms with E-state index in [0.29, 0.717) is 10.9 Å². The number of aryl methyl sites for hydroxylation is 1. The first kappa shape index (κ1) is 18.2. The number of carbonyl (C=O) groups excluding carboxylic acids is 1. The van der Waals surface area contributed by atoms with E-state index in [4.69, 9.17) is 5.11 Å². The first-order chi connectivity index (χ1) is 12.8. The normalized spacial score (nSPS) is 11.9. The average molecular weight is 366 g/mol. The van der Waals surface area contributed by atoms with Gasteiger partial charge in [-0.3, -0.25) is 14.4 Å². The predicted molar refractivity (Wildman–Crippen MR) is 101 cm³/mol. The molecule has 1 amide bonds. The maximum atomic E-state index is 12.6. The summed E-state index contributed by atoms with van der Waals surface area (Å²) in [5.74, 6) is -2.65. The largest absolute Gasteiger partial charge is 0.506 e. The average Bonchev–Trinajstić information content (AvgIpc) is 2.66. The van der Waals surface area contributed by atoms with Crippen LogP contribution in [-0.4, -0.2) is 32.7 Å². The van der Waals surface area contributed by atoms with Gasteiger partial charge in [-0.1, -0.05) is 36.4 Å². The van der Waals surface area contributed by atoms with Crippen molar-refractivity contribution in [1.29, 1.82) is 0 Å². The molecule has 0 aliphatic heterocycles. The molecule has 27 heavy (non-hydrogen) atoms. The number of aromatic nitrogens is 1. The SMILES string of the molecule is CC(NC(=O)c1c(O)c2ccc(-c3ccccc3)cc2n(C)c1=O)C(=O)O. The van der Waals surface area contributed by atoms with Crippen molar-refractivity contribution >= 4 is 22.8 Å². The van der Waals surface area contributed by atoms with Crippen molar-refractivity contribution in [3.63, 3.8) is 0 Å². The molecule has 0 aliphatic carbocycles. The maximum absolute atomic E-state index is 12.6. The monoisotopic (exact) mass is 366 g/mol. The molecule has 3 N–H and O–H groups in total. The molecule has 1 heterocycles. The lowest BCUT2D eigenvalue weighted by Gasteiger charge is -2.14. The number of carbonyl (C=O) groups is 2. The molecule has 3 aromatic rings. The molecule has 1 unspecified atom stereocenters. The van der Waals surface area contributed by atoms with Crippen LogP contribution in [0.2, 0.25) is 0 Å². The van der Waals surface area contributed by atoms with Gasteiger partial charge in [0.1, 0.15) is 17.4 Å². The van der Waals surface area contributed by atoms with Crippen LogP contribution < -0.4 is 10.9 Å². The number of benzene rings is 2. The van der Waals surface area contributed by atoms with Gasteiger partial charge >= 0.3 is 5.97 Å². The number of aliphatic carboxylic acids is 1. The third-order valence-electron chi connectivity index (χ3n) is 4.42. The minimum absolute atomic E-state index is 0.324. The first-order valence-corrected chi connectivity index (χ1v) is 8.26. The van der Waals surface area contributed by atoms with Crippen LogP contribution in [0.1, 0.15) is 17.3 Å². The van der Waals surface area contributed by atoms with Crippen LogP contribution in [0.15, 0.2) is 53.3 Å². The van der Waals surface area contributed by atoms with Crippen LogP contribution in [0, 0.1) is 0 Å². The summed E-state index contributed by atoms with van der Waals surface area (Å²) < 4.78 is 1.27. The number of pyridine rings is 1. The van der Waals surface area contributed by atoms with E-state index < -0.39 is 34.8 Å². The lowest BCUT2D eigenvalue weighted by molar-refractivity contribution is -0.138. The molecule has 0 bridgehead atoms. The lowest BCUT2D eigenvalue weighted by atomic mass is 10.0. The summed E-state index contributed by atoms with van der Waals surface area (Å²) in [5, 5.41) is 22.0. The molecule has 1 aromatic heterocycles. The second-order valence-electron chi connectivity index (χ2n) is 6.22. The molecule has 0 radical (unpaired) electrons. The van der Waals surface area contributed by atoms with Gasteiger partial charge in [-0.05, 0) is 30.2 Å². The highest BCUT2D eigenvalue weighted by molar-refractivity contribution is 6.04. The Bertz CT molecular complexity index is 1100. The minimum atomic E-state index is -1.24. The molecule has 2 aromatic carbocycles. The number of fused-ring (bicyclic) bond motifs is 1. The summed E-state index contributed by atoms with van der Waals surface area (Å²) in [4.78, 5) is 35.9. The third-order valence-corrected chi connectivity index (χ3v) is 4.42. The quantitative estimate of drug-likeness (QED) is 0.655. The van der Waals surface area contributed by atoms with Crippen molar-refractivity contribution in [3.05, 3.63) is 64.4 Å². The minimum Gasteiger partial charge on any atom is -0.506 e. The molecule has 7 heteroatoms. The second-order valence-corrected chi connectivity index (χ2v) is 6.22. The molecule has 0 saturated carbocycles. The van der Waals surface area contributed by atoms with Crippen LogP contribution >= 0.6 is 0 Å². The molecule has 1 atom stereocenters. The number of carboxylic acid groups (broad SMARTS) is 1. The van der Waals surface area contributed by atoms with Crippen molar-refractivity contribution in [1.82, 2.24) is 9.88 Å². The Hall–Kier alpha value is -3.61. The van der Waals surface area contributed by atoms with Crippen LogP contribution in [0.3, 0.4) is 0 Å². The number of aromatic hydroxyl groups is 1. The Balaban J connectivity index is 2.16. The van der Waals surface area contributed by atoms with Gasteiger partial charge < -0.3 is 20.1 Å². The molecule has 7 nitrogen and oxygen atoms in total. The Labute approximate surface area is 154 Å². The van der Waals surface area contributed by atoms with Gasteiger partial charge in [0.25, 0.3) is 11.5 Å². The number of carboxylic acids is 1. The van der Waals surface area contributed by atoms with Gasteiger partial charge in [-0.15, -0.1) is 0 Å². The van der Waals surface area contributed by atoms with Crippen molar-refractivity contribution in [2.45, 2.75) is 13.0 Å². The second kappa shape index (κ2) is 6.95. The summed E-state index contributed by atoms with van der Waals surface area (Å²) in [6.45, 7) is 1.27. The summed E-state index contributed by atoms with van der Waals surface area (Å²) in [7, 11) is 1.50. The zero-order valence-electron chi connectivity index (χ0n) is 14.8. The molecule has 138 valence electrons. The number of hydrogen-bond donors (Lipinski definition) is 3. The lowest BCUT2D eigenvalue weighted by Crippen LogP contribution is -2.41. The molecule has 0 aliphatic rings. The van der Waals surface area contributed by atoms with E-state index in [1.54, 1.807) is 18.2 Å². The van der Waals surface area contributed by atoms with Gasteiger partial charge in [-0.2, -0.15) is 0 Å². The zero-order valence-corrected chi connectivity index (χ0v) is 14.8. The van der Waals surface area contributed by atoms with E-state index >= 15 is 0 Å². The summed E-state index contributed by atoms with van der Waals surface area (Å²) in [6.07, 6.45) is 0. The summed E-state index contributed by atoms with van der Waals surface area (Å²) in [5.41, 5.74) is 1.07. The van der Waals surface area contributed by atoms with Crippen LogP contribution in [0.25, 0.3) is 22.0 Å². The Morgan fingerprint density at radius 1 is 1.07 bits per heavy atom. The Kier molecular flexibility index (Phi) is 4.68. The first-order valence-electron chi connectivity index (χ1n) is 8.26. The molecule has 0 saturated heterocycles. The van der Waals surface area contributed by atoms with Crippen molar-refractivity contribution in [2.75, 3.05) is 0 Å². The van der Waals surface area contributed by atoms with Gasteiger partial charge in [0.2, 0.25) is 0 Å². The van der Waals surface area contributed by atoms with Crippen LogP contribution in [0.5, 0.6) is 5.75 Å². The number of hydrogen-bond acceptors (Lipinski definition) is 4. The van der Waals surface area contributed by atoms with E-state index in [1.807, 2.05) is 30.3 Å². The van der Waals surface area contributed by atoms with E-state index in [2.05, 4.69) is 5.32 Å². The number of amides is 1. The standard InChI is InChI=1S/C20H18N2O5/c1-11(20(26)27)21-18(24)16-17(23)14-9-8-13(12-6-4-3-5-7-12)10-15(14)22(2)19(16)25/h3-11,23H,1-2H3,(H,21,24)(H,26,27). The van der Waals surface area contributed by atoms with Crippen LogP contribution in [0.4, 0.5) is 0 Å². The highest BCUT2D eigenvalue weighted by Crippen LogP contribution is 2.30. The molecular formula is C20H18N2O5. The van der Waals surface area contributed by atoms with Crippen LogP contribution in [-0.2, 0) is 11.8 Å². The van der Waals surface area contributed by atoms with Gasteiger partial charge in [0, 0.05) is 12.4 Å². The van der Waals surface area contributed by atoms with E-state index in [0.717, 1.165) is 11.1 Å². The number of nitrogens with one attached hydrogen (secondary N) is 1. The predicted octanol–water partition coefficient (Wildman–Crippen LogP) is 2.11. The highest BCUT2D eigenvalue weighted by atomic mass is 16.4. The molecule has 3 rings (SSSR count). The summed E-state index contributed by atoms with van der Waals surface area (Å²) in [6, 6.07) is 13.5.